The molecule has 6 rings (SSSR count). The fourth-order valence-electron chi connectivity index (χ4n) is 5.61. The van der Waals surface area contributed by atoms with Gasteiger partial charge in [-0.15, -0.1) is 5.10 Å². The zero-order valence-electron chi connectivity index (χ0n) is 21.5. The minimum atomic E-state index is -4.71. The van der Waals surface area contributed by atoms with Crippen LogP contribution in [0.25, 0.3) is 5.95 Å². The molecule has 4 aromatic rings. The average molecular weight is 534 g/mol. The van der Waals surface area contributed by atoms with E-state index in [9.17, 15) is 13.2 Å². The topological polar surface area (TPSA) is 71.8 Å². The number of aromatic nitrogens is 5. The van der Waals surface area contributed by atoms with E-state index in [-0.39, 0.29) is 11.9 Å². The molecule has 0 saturated carbocycles. The molecule has 1 unspecified atom stereocenters. The molecule has 1 atom stereocenters. The first-order chi connectivity index (χ1) is 18.9. The zero-order chi connectivity index (χ0) is 26.8. The van der Waals surface area contributed by atoms with Crippen molar-refractivity contribution in [2.45, 2.75) is 57.2 Å². The van der Waals surface area contributed by atoms with Gasteiger partial charge < -0.3 is 10.2 Å². The fourth-order valence-corrected chi connectivity index (χ4v) is 5.61. The molecule has 0 amide bonds. The molecule has 2 aromatic carbocycles. The standard InChI is InChI=1S/C29H30F3N7/c30-29(31,32)26-36-28(39(37-26)27-33-15-14-24(34-27)18-20-6-2-1-3-7-20)35-23-11-8-21-9-12-25(13-10-22(21)19-23)38-16-4-5-17-38/h1-3,6-8,11,14-15,19,25H,4-5,9-10,12-13,16-18H2,(H,35,36,37). The number of hydrogen-bond donors (Lipinski definition) is 1. The van der Waals surface area contributed by atoms with Gasteiger partial charge in [-0.3, -0.25) is 0 Å². The summed E-state index contributed by atoms with van der Waals surface area (Å²) >= 11 is 0. The van der Waals surface area contributed by atoms with Crippen molar-refractivity contribution in [3.8, 4) is 5.95 Å². The van der Waals surface area contributed by atoms with Crippen LogP contribution in [0.1, 0.15) is 53.9 Å². The maximum atomic E-state index is 13.6. The van der Waals surface area contributed by atoms with E-state index in [1.807, 2.05) is 42.5 Å². The molecule has 39 heavy (non-hydrogen) atoms. The van der Waals surface area contributed by atoms with Crippen LogP contribution in [-0.4, -0.2) is 48.8 Å². The monoisotopic (exact) mass is 533 g/mol. The molecular formula is C29H30F3N7. The quantitative estimate of drug-likeness (QED) is 0.318. The van der Waals surface area contributed by atoms with Crippen LogP contribution in [0.4, 0.5) is 24.8 Å². The first kappa shape index (κ1) is 25.5. The van der Waals surface area contributed by atoms with E-state index in [0.717, 1.165) is 35.9 Å². The van der Waals surface area contributed by atoms with Crippen molar-refractivity contribution >= 4 is 11.6 Å². The Balaban J connectivity index is 1.27. The number of aryl methyl sites for hydroxylation is 2. The van der Waals surface area contributed by atoms with Crippen LogP contribution in [0.3, 0.4) is 0 Å². The smallest absolute Gasteiger partial charge is 0.324 e. The first-order valence-electron chi connectivity index (χ1n) is 13.5. The Hall–Kier alpha value is -3.79. The molecule has 1 fully saturated rings. The van der Waals surface area contributed by atoms with Crippen molar-refractivity contribution in [1.82, 2.24) is 29.6 Å². The van der Waals surface area contributed by atoms with E-state index in [4.69, 9.17) is 0 Å². The van der Waals surface area contributed by atoms with E-state index in [1.165, 1.54) is 43.3 Å². The van der Waals surface area contributed by atoms with Gasteiger partial charge in [0.1, 0.15) is 0 Å². The van der Waals surface area contributed by atoms with E-state index in [0.29, 0.717) is 23.8 Å². The maximum absolute atomic E-state index is 13.6. The molecule has 1 N–H and O–H groups in total. The van der Waals surface area contributed by atoms with E-state index >= 15 is 0 Å². The second-order valence-corrected chi connectivity index (χ2v) is 10.3. The average Bonchev–Trinajstić information content (AvgIpc) is 3.57. The summed E-state index contributed by atoms with van der Waals surface area (Å²) in [6.07, 6.45) is 4.06. The van der Waals surface area contributed by atoms with E-state index in [1.54, 1.807) is 6.07 Å². The highest BCUT2D eigenvalue weighted by atomic mass is 19.4. The maximum Gasteiger partial charge on any atom is 0.453 e. The number of nitrogens with zero attached hydrogens (tertiary/aromatic N) is 6. The zero-order valence-corrected chi connectivity index (χ0v) is 21.5. The molecule has 3 heterocycles. The van der Waals surface area contributed by atoms with Crippen LogP contribution in [0, 0.1) is 0 Å². The summed E-state index contributed by atoms with van der Waals surface area (Å²) in [4.78, 5) is 15.1. The Morgan fingerprint density at radius 3 is 2.44 bits per heavy atom. The second-order valence-electron chi connectivity index (χ2n) is 10.3. The van der Waals surface area contributed by atoms with Crippen molar-refractivity contribution < 1.29 is 13.2 Å². The van der Waals surface area contributed by atoms with Gasteiger partial charge in [-0.25, -0.2) is 9.97 Å². The van der Waals surface area contributed by atoms with Crippen LogP contribution in [0.2, 0.25) is 0 Å². The highest BCUT2D eigenvalue weighted by molar-refractivity contribution is 5.57. The molecular weight excluding hydrogens is 503 g/mol. The third-order valence-electron chi connectivity index (χ3n) is 7.59. The first-order valence-corrected chi connectivity index (χ1v) is 13.5. The summed E-state index contributed by atoms with van der Waals surface area (Å²) in [5.41, 5.74) is 4.89. The van der Waals surface area contributed by atoms with E-state index in [2.05, 4.69) is 36.3 Å². The highest BCUT2D eigenvalue weighted by Gasteiger charge is 2.38. The molecule has 2 aromatic heterocycles. The number of halogens is 3. The summed E-state index contributed by atoms with van der Waals surface area (Å²) in [5.74, 6) is -1.30. The Morgan fingerprint density at radius 1 is 0.897 bits per heavy atom. The minimum absolute atomic E-state index is 0.0251. The summed E-state index contributed by atoms with van der Waals surface area (Å²) in [7, 11) is 0. The van der Waals surface area contributed by atoms with Crippen molar-refractivity contribution in [3.05, 3.63) is 89.0 Å². The molecule has 2 aliphatic rings. The minimum Gasteiger partial charge on any atom is -0.324 e. The van der Waals surface area contributed by atoms with Crippen molar-refractivity contribution in [2.24, 2.45) is 0 Å². The Bertz CT molecular complexity index is 1430. The van der Waals surface area contributed by atoms with Gasteiger partial charge in [0.15, 0.2) is 0 Å². The number of hydrogen-bond acceptors (Lipinski definition) is 6. The lowest BCUT2D eigenvalue weighted by molar-refractivity contribution is -0.144. The summed E-state index contributed by atoms with van der Waals surface area (Å²) in [6.45, 7) is 2.36. The van der Waals surface area contributed by atoms with Crippen LogP contribution < -0.4 is 5.32 Å². The van der Waals surface area contributed by atoms with Gasteiger partial charge in [0, 0.05) is 24.3 Å². The Kier molecular flexibility index (Phi) is 7.03. The Labute approximate surface area is 225 Å². The number of anilines is 2. The van der Waals surface area contributed by atoms with Gasteiger partial charge >= 0.3 is 6.18 Å². The number of likely N-dealkylation sites (tertiary alicyclic amines) is 1. The second kappa shape index (κ2) is 10.8. The number of fused-ring (bicyclic) bond motifs is 1. The van der Waals surface area contributed by atoms with E-state index < -0.39 is 12.0 Å². The SMILES string of the molecule is FC(F)(F)c1nc(Nc2ccc3c(c2)CCC(N2CCCC2)CC3)n(-c2nccc(Cc3ccccc3)n2)n1. The lowest BCUT2D eigenvalue weighted by atomic mass is 10.0. The van der Waals surface area contributed by atoms with Gasteiger partial charge in [0.25, 0.3) is 11.8 Å². The third-order valence-corrected chi connectivity index (χ3v) is 7.59. The number of nitrogens with one attached hydrogen (secondary N) is 1. The predicted octanol–water partition coefficient (Wildman–Crippen LogP) is 5.75. The molecule has 1 aliphatic heterocycles. The molecule has 0 radical (unpaired) electrons. The van der Waals surface area contributed by atoms with Gasteiger partial charge in [0.05, 0.1) is 5.69 Å². The van der Waals surface area contributed by atoms with Gasteiger partial charge in [-0.2, -0.15) is 22.8 Å². The predicted molar refractivity (Wildman–Crippen MR) is 142 cm³/mol. The molecule has 0 bridgehead atoms. The van der Waals surface area contributed by atoms with Crippen LogP contribution in [0.5, 0.6) is 0 Å². The number of benzene rings is 2. The van der Waals surface area contributed by atoms with Gasteiger partial charge in [-0.05, 0) is 86.5 Å². The molecule has 10 heteroatoms. The van der Waals surface area contributed by atoms with Crippen LogP contribution in [-0.2, 0) is 25.4 Å². The summed E-state index contributed by atoms with van der Waals surface area (Å²) in [6, 6.07) is 18.1. The van der Waals surface area contributed by atoms with Crippen LogP contribution >= 0.6 is 0 Å². The molecule has 1 saturated heterocycles. The van der Waals surface area contributed by atoms with Crippen LogP contribution in [0.15, 0.2) is 60.8 Å². The fraction of sp³-hybridized carbons (Fsp3) is 0.379. The van der Waals surface area contributed by atoms with Crippen molar-refractivity contribution in [1.29, 1.82) is 0 Å². The number of alkyl halides is 3. The highest BCUT2D eigenvalue weighted by Crippen LogP contribution is 2.31. The van der Waals surface area contributed by atoms with Crippen molar-refractivity contribution in [3.63, 3.8) is 0 Å². The largest absolute Gasteiger partial charge is 0.453 e. The number of rotatable bonds is 6. The van der Waals surface area contributed by atoms with Gasteiger partial charge in [0.2, 0.25) is 5.95 Å². The molecule has 0 spiro atoms. The molecule has 202 valence electrons. The third kappa shape index (κ3) is 5.80. The Morgan fingerprint density at radius 2 is 1.67 bits per heavy atom. The normalized spacial score (nSPS) is 18.1. The lowest BCUT2D eigenvalue weighted by Gasteiger charge is -2.25. The molecule has 7 nitrogen and oxygen atoms in total. The summed E-state index contributed by atoms with van der Waals surface area (Å²) < 4.78 is 41.9. The summed E-state index contributed by atoms with van der Waals surface area (Å²) in [5, 5.41) is 6.81. The van der Waals surface area contributed by atoms with Crippen molar-refractivity contribution in [2.75, 3.05) is 18.4 Å². The molecule has 1 aliphatic carbocycles. The van der Waals surface area contributed by atoms with Gasteiger partial charge in [-0.1, -0.05) is 36.4 Å². The lowest BCUT2D eigenvalue weighted by Crippen LogP contribution is -2.32.